The summed E-state index contributed by atoms with van der Waals surface area (Å²) < 4.78 is 45.4. The van der Waals surface area contributed by atoms with Crippen LogP contribution in [-0.4, -0.2) is 184 Å². The van der Waals surface area contributed by atoms with Crippen LogP contribution in [0, 0.1) is 40.4 Å². The molecule has 0 spiro atoms. The van der Waals surface area contributed by atoms with Crippen LogP contribution in [0.15, 0.2) is 78.2 Å². The lowest BCUT2D eigenvalue weighted by Crippen LogP contribution is -2.49. The Labute approximate surface area is 551 Å². The number of amides is 1. The largest absolute Gasteiger partial charge is 0.473 e. The van der Waals surface area contributed by atoms with E-state index in [-0.39, 0.29) is 60.0 Å². The standard InChI is InChI=1S/C25H33FN6O3.C11H15N5O2.C8H11N5O.C7H8N4O2.C6H10N4O.C2H2O4/c1-16-10-23(30(3)27-16)24-28-32(25(34)29(24)2)14-20(33)13-31-18-8-9-19(31)12-21(11-18)35-15-17-6-4-5-7-22(17)26;1-7-4-9(15(3)12-7)10-13-16(5-8-6-18-8)11(17)14(10)2;1-5-4-6(13(3)11-5)7-9-10-8(14)12(7)2;1-4-3-5(11(2)10-4)6-8-9-7(12)13-6;1-4-3-5(6(11)8-7)10(2)9-4;3-1(4)2(5)6/h4-7,10,18-21,33H,8-9,11-15H2,1-3H3;4,8H,5-6H2,1-3H3;4H,1-3H3,(H,10,14);3H,1-2H3,(H,9,12);3H,7H2,1-2H3,(H,8,11);(H,3,4)(H,5,6). The van der Waals surface area contributed by atoms with Gasteiger partial charge in [-0.3, -0.25) is 52.2 Å². The molecule has 38 heteroatoms. The Morgan fingerprint density at radius 1 is 0.639 bits per heavy atom. The first-order chi connectivity index (χ1) is 45.9. The minimum Gasteiger partial charge on any atom is -0.473 e. The molecule has 0 aliphatic carbocycles. The monoisotopic (exact) mass is 1350 g/mol. The summed E-state index contributed by atoms with van der Waals surface area (Å²) in [6.07, 6.45) is 3.36. The molecule has 9 aromatic heterocycles. The van der Waals surface area contributed by atoms with Crippen molar-refractivity contribution in [3.8, 4) is 46.1 Å². The van der Waals surface area contributed by atoms with Gasteiger partial charge in [-0.2, -0.15) is 30.6 Å². The summed E-state index contributed by atoms with van der Waals surface area (Å²) >= 11 is 0. The van der Waals surface area contributed by atoms with Gasteiger partial charge in [0.25, 0.3) is 11.8 Å². The number of rotatable bonds is 14. The molecule has 1 aromatic carbocycles. The fraction of sp³-hybridized carbons (Fsp3) is 0.458. The van der Waals surface area contributed by atoms with Gasteiger partial charge in [0.1, 0.15) is 40.4 Å². The molecule has 10 aromatic rings. The van der Waals surface area contributed by atoms with Gasteiger partial charge in [0.2, 0.25) is 0 Å². The minimum absolute atomic E-state index is 0.0869. The molecule has 12 heterocycles. The summed E-state index contributed by atoms with van der Waals surface area (Å²) in [5.74, 6) is 2.18. The Bertz CT molecular complexity index is 4610. The number of nitrogens with zero attached hydrogens (tertiary/aromatic N) is 20. The number of carbonyl (C=O) groups excluding carboxylic acids is 1. The van der Waals surface area contributed by atoms with E-state index in [1.807, 2.05) is 85.5 Å². The molecule has 3 fully saturated rings. The van der Waals surface area contributed by atoms with Gasteiger partial charge in [-0.05, 0) is 96.7 Å². The molecule has 97 heavy (non-hydrogen) atoms. The van der Waals surface area contributed by atoms with Crippen molar-refractivity contribution in [1.82, 2.24) is 113 Å². The van der Waals surface area contributed by atoms with Crippen molar-refractivity contribution in [2.24, 2.45) is 62.2 Å². The fourth-order valence-electron chi connectivity index (χ4n) is 11.1. The van der Waals surface area contributed by atoms with Gasteiger partial charge in [-0.15, -0.1) is 15.3 Å². The van der Waals surface area contributed by atoms with Crippen LogP contribution >= 0.6 is 0 Å². The van der Waals surface area contributed by atoms with Crippen LogP contribution in [0.2, 0.25) is 0 Å². The van der Waals surface area contributed by atoms with Crippen LogP contribution in [0.4, 0.5) is 4.39 Å². The summed E-state index contributed by atoms with van der Waals surface area (Å²) in [5, 5.41) is 67.6. The van der Waals surface area contributed by atoms with Crippen LogP contribution in [0.3, 0.4) is 0 Å². The number of aliphatic hydroxyl groups is 1. The maximum Gasteiger partial charge on any atom is 0.434 e. The highest BCUT2D eigenvalue weighted by Gasteiger charge is 2.42. The van der Waals surface area contributed by atoms with Gasteiger partial charge in [0.05, 0.1) is 67.0 Å². The van der Waals surface area contributed by atoms with Gasteiger partial charge in [0, 0.05) is 80.6 Å². The number of hydrogen-bond donors (Lipinski definition) is 7. The minimum atomic E-state index is -1.82. The van der Waals surface area contributed by atoms with E-state index in [1.165, 1.54) is 29.2 Å². The van der Waals surface area contributed by atoms with Gasteiger partial charge < -0.3 is 29.2 Å². The number of aromatic amines is 2. The van der Waals surface area contributed by atoms with Crippen molar-refractivity contribution >= 4 is 17.8 Å². The van der Waals surface area contributed by atoms with E-state index in [0.717, 1.165) is 71.2 Å². The van der Waals surface area contributed by atoms with E-state index in [9.17, 15) is 33.5 Å². The first kappa shape index (κ1) is 72.0. The van der Waals surface area contributed by atoms with Crippen LogP contribution in [0.25, 0.3) is 46.1 Å². The zero-order valence-corrected chi connectivity index (χ0v) is 55.8. The number of carboxylic acids is 2. The Kier molecular flexibility index (Phi) is 23.1. The quantitative estimate of drug-likeness (QED) is 0.0249. The number of ether oxygens (including phenoxy) is 2. The zero-order chi connectivity index (χ0) is 70.9. The highest BCUT2D eigenvalue weighted by molar-refractivity contribution is 6.27. The average molecular weight is 1350 g/mol. The second-order valence-corrected chi connectivity index (χ2v) is 23.3. The molecule has 3 aliphatic rings. The highest BCUT2D eigenvalue weighted by Crippen LogP contribution is 2.37. The third kappa shape index (κ3) is 17.9. The average Bonchev–Trinajstić information content (AvgIpc) is 1.66. The number of benzene rings is 1. The molecule has 37 nitrogen and oxygen atoms in total. The maximum absolute atomic E-state index is 13.9. The molecule has 3 saturated heterocycles. The van der Waals surface area contributed by atoms with Crippen LogP contribution in [-0.2, 0) is 95.1 Å². The van der Waals surface area contributed by atoms with E-state index >= 15 is 0 Å². The number of halogens is 1. The summed E-state index contributed by atoms with van der Waals surface area (Å²) in [7, 11) is 14.0. The van der Waals surface area contributed by atoms with E-state index in [4.69, 9.17) is 39.5 Å². The van der Waals surface area contributed by atoms with Crippen LogP contribution in [0.5, 0.6) is 0 Å². The molecular weight excluding hydrogens is 1270 g/mol. The van der Waals surface area contributed by atoms with Crippen molar-refractivity contribution < 1.29 is 48.0 Å². The Hall–Kier alpha value is -10.8. The number of carboxylic acid groups (broad SMARTS) is 2. The Morgan fingerprint density at radius 2 is 1.11 bits per heavy atom. The normalized spacial score (nSPS) is 16.3. The lowest BCUT2D eigenvalue weighted by atomic mass is 9.99. The number of aromatic nitrogens is 21. The summed E-state index contributed by atoms with van der Waals surface area (Å²) in [5.41, 5.74) is 9.86. The number of H-pyrrole nitrogens is 2. The molecule has 13 rings (SSSR count). The fourth-order valence-corrected chi connectivity index (χ4v) is 11.1. The highest BCUT2D eigenvalue weighted by atomic mass is 19.1. The van der Waals surface area contributed by atoms with E-state index in [0.29, 0.717) is 66.2 Å². The first-order valence-electron chi connectivity index (χ1n) is 30.3. The number of hydrazine groups is 1. The Balaban J connectivity index is 0.000000163. The summed E-state index contributed by atoms with van der Waals surface area (Å²) in [4.78, 5) is 78.1. The van der Waals surface area contributed by atoms with Crippen molar-refractivity contribution in [1.29, 1.82) is 0 Å². The van der Waals surface area contributed by atoms with E-state index in [2.05, 4.69) is 61.0 Å². The molecule has 520 valence electrons. The second kappa shape index (κ2) is 31.2. The SMILES string of the molecule is Cc1cc(-c2n[nH]c(=O)n2C)n(C)n1.Cc1cc(-c2n[nH]c(=O)o2)n(C)n1.Cc1cc(-c2nn(CC(O)CN3C4CCC3CC(OCc3ccccc3F)C4)c(=O)n2C)n(C)n1.Cc1cc(-c2nn(CC3CO3)c(=O)n2C)n(C)n1.Cc1cc(C(=O)NN)n(C)n1.O=C(O)C(=O)O. The molecule has 8 N–H and O–H groups in total. The number of aryl methyl sites for hydroxylation is 10. The van der Waals surface area contributed by atoms with Crippen LogP contribution < -0.4 is 34.1 Å². The molecule has 0 saturated carbocycles. The lowest BCUT2D eigenvalue weighted by Gasteiger charge is -2.39. The van der Waals surface area contributed by atoms with Gasteiger partial charge in [0.15, 0.2) is 17.5 Å². The number of hydrogen-bond acceptors (Lipinski definition) is 22. The topological polar surface area (TPSA) is 453 Å². The number of aliphatic carboxylic acids is 2. The molecule has 2 bridgehead atoms. The predicted molar refractivity (Wildman–Crippen MR) is 342 cm³/mol. The number of piperidine rings is 1. The number of aliphatic hydroxyl groups excluding tert-OH is 1. The van der Waals surface area contributed by atoms with Gasteiger partial charge in [-0.1, -0.05) is 18.2 Å². The zero-order valence-electron chi connectivity index (χ0n) is 55.8. The molecule has 4 unspecified atom stereocenters. The molecule has 3 aliphatic heterocycles. The number of nitrogen functional groups attached to an aromatic ring is 1. The third-order valence-corrected chi connectivity index (χ3v) is 15.7. The van der Waals surface area contributed by atoms with E-state index < -0.39 is 23.8 Å². The first-order valence-corrected chi connectivity index (χ1v) is 30.3. The van der Waals surface area contributed by atoms with Gasteiger partial charge >= 0.3 is 34.8 Å². The maximum atomic E-state index is 13.9. The smallest absolute Gasteiger partial charge is 0.434 e. The van der Waals surface area contributed by atoms with Crippen molar-refractivity contribution in [2.45, 2.75) is 110 Å². The number of nitrogens with one attached hydrogen (secondary N) is 3. The van der Waals surface area contributed by atoms with Crippen molar-refractivity contribution in [3.63, 3.8) is 0 Å². The number of nitrogens with two attached hydrogens (primary N) is 1. The third-order valence-electron chi connectivity index (χ3n) is 15.7. The number of carbonyl (C=O) groups is 3. The van der Waals surface area contributed by atoms with Crippen molar-refractivity contribution in [3.05, 3.63) is 142 Å². The van der Waals surface area contributed by atoms with Gasteiger partial charge in [-0.25, -0.2) is 58.6 Å². The molecular formula is C59H79FN24O13. The predicted octanol–water partition coefficient (Wildman–Crippen LogP) is 0.0692. The lowest BCUT2D eigenvalue weighted by molar-refractivity contribution is -0.159. The number of epoxide rings is 1. The molecule has 1 amide bonds. The summed E-state index contributed by atoms with van der Waals surface area (Å²) in [6.45, 7) is 11.5. The number of fused-ring (bicyclic) bond motifs is 2. The molecule has 4 atom stereocenters. The van der Waals surface area contributed by atoms with Crippen molar-refractivity contribution in [2.75, 3.05) is 13.2 Å². The summed E-state index contributed by atoms with van der Waals surface area (Å²) in [6, 6.07) is 16.5. The Morgan fingerprint density at radius 3 is 1.54 bits per heavy atom. The van der Waals surface area contributed by atoms with Crippen LogP contribution in [0.1, 0.15) is 70.2 Å². The second-order valence-electron chi connectivity index (χ2n) is 23.3. The van der Waals surface area contributed by atoms with E-state index in [1.54, 1.807) is 82.8 Å². The molecule has 0 radical (unpaired) electrons.